The number of fused-ring (bicyclic) bond motifs is 1. The molecule has 0 aliphatic heterocycles. The molecule has 0 atom stereocenters. The van der Waals surface area contributed by atoms with Crippen molar-refractivity contribution >= 4 is 34.1 Å². The van der Waals surface area contributed by atoms with Gasteiger partial charge in [-0.3, -0.25) is 4.79 Å². The number of halogens is 1. The van der Waals surface area contributed by atoms with Gasteiger partial charge in [0, 0.05) is 7.05 Å². The second kappa shape index (κ2) is 7.40. The SMILES string of the molecule is Cn1c(=O)c(C(=O)[N-]c2ccccc2)c(O)c2c(Cl)cccc21.[Na+]. The Morgan fingerprint density at radius 2 is 1.79 bits per heavy atom. The van der Waals surface area contributed by atoms with Gasteiger partial charge in [0.05, 0.1) is 21.8 Å². The largest absolute Gasteiger partial charge is 1.00 e. The van der Waals surface area contributed by atoms with Crippen LogP contribution in [0.3, 0.4) is 0 Å². The summed E-state index contributed by atoms with van der Waals surface area (Å²) in [6.07, 6.45) is 0. The average molecular weight is 351 g/mol. The van der Waals surface area contributed by atoms with E-state index in [9.17, 15) is 14.7 Å². The van der Waals surface area contributed by atoms with Crippen LogP contribution in [-0.2, 0) is 7.05 Å². The van der Waals surface area contributed by atoms with Crippen LogP contribution >= 0.6 is 11.6 Å². The van der Waals surface area contributed by atoms with Crippen LogP contribution in [0.15, 0.2) is 53.3 Å². The van der Waals surface area contributed by atoms with E-state index < -0.39 is 22.8 Å². The summed E-state index contributed by atoms with van der Waals surface area (Å²) in [6.45, 7) is 0. The van der Waals surface area contributed by atoms with Crippen LogP contribution in [0.1, 0.15) is 10.4 Å². The van der Waals surface area contributed by atoms with Gasteiger partial charge in [-0.1, -0.05) is 48.0 Å². The van der Waals surface area contributed by atoms with E-state index in [0.717, 1.165) is 0 Å². The number of pyridine rings is 1. The number of carbonyl (C=O) groups excluding carboxylic acids is 1. The minimum absolute atomic E-state index is 0. The first-order chi connectivity index (χ1) is 11.0. The second-order valence-corrected chi connectivity index (χ2v) is 5.38. The fraction of sp³-hybridized carbons (Fsp3) is 0.0588. The molecular weight excluding hydrogens is 339 g/mol. The summed E-state index contributed by atoms with van der Waals surface area (Å²) in [4.78, 5) is 24.8. The number of aromatic hydroxyl groups is 1. The van der Waals surface area contributed by atoms with Crippen molar-refractivity contribution in [3.05, 3.63) is 74.8 Å². The van der Waals surface area contributed by atoms with Crippen molar-refractivity contribution in [2.75, 3.05) is 0 Å². The summed E-state index contributed by atoms with van der Waals surface area (Å²) in [6, 6.07) is 13.4. The molecular formula is C17H12ClN2NaO3. The van der Waals surface area contributed by atoms with Crippen LogP contribution < -0.4 is 35.1 Å². The maximum absolute atomic E-state index is 12.4. The van der Waals surface area contributed by atoms with E-state index in [0.29, 0.717) is 11.2 Å². The number of hydrogen-bond donors (Lipinski definition) is 1. The van der Waals surface area contributed by atoms with Gasteiger partial charge in [0.1, 0.15) is 11.3 Å². The van der Waals surface area contributed by atoms with Crippen LogP contribution in [0.4, 0.5) is 5.69 Å². The van der Waals surface area contributed by atoms with Crippen molar-refractivity contribution in [3.8, 4) is 5.75 Å². The number of para-hydroxylation sites is 1. The molecule has 0 saturated carbocycles. The Labute approximate surface area is 165 Å². The van der Waals surface area contributed by atoms with E-state index in [1.807, 2.05) is 0 Å². The van der Waals surface area contributed by atoms with Crippen LogP contribution in [0, 0.1) is 0 Å². The number of amides is 1. The molecule has 0 fully saturated rings. The Kier molecular flexibility index (Phi) is 5.72. The molecule has 0 spiro atoms. The smallest absolute Gasteiger partial charge is 0.622 e. The van der Waals surface area contributed by atoms with E-state index in [4.69, 9.17) is 11.6 Å². The number of hydrogen-bond acceptors (Lipinski definition) is 3. The fourth-order valence-corrected chi connectivity index (χ4v) is 2.66. The predicted molar refractivity (Wildman–Crippen MR) is 89.7 cm³/mol. The number of rotatable bonds is 2. The Morgan fingerprint density at radius 1 is 1.12 bits per heavy atom. The van der Waals surface area contributed by atoms with Crippen LogP contribution in [0.5, 0.6) is 5.75 Å². The molecule has 0 aliphatic rings. The molecule has 3 aromatic rings. The summed E-state index contributed by atoms with van der Waals surface area (Å²) < 4.78 is 1.27. The van der Waals surface area contributed by atoms with Crippen molar-refractivity contribution in [3.63, 3.8) is 0 Å². The summed E-state index contributed by atoms with van der Waals surface area (Å²) in [5, 5.41) is 14.8. The molecule has 1 N–H and O–H groups in total. The first-order valence-electron chi connectivity index (χ1n) is 6.82. The molecule has 0 radical (unpaired) electrons. The molecule has 7 heteroatoms. The third-order valence-corrected chi connectivity index (χ3v) is 3.86. The molecule has 1 aromatic heterocycles. The van der Waals surface area contributed by atoms with Crippen LogP contribution in [-0.4, -0.2) is 15.6 Å². The third-order valence-electron chi connectivity index (χ3n) is 3.55. The number of benzene rings is 2. The monoisotopic (exact) mass is 350 g/mol. The Balaban J connectivity index is 0.00000208. The average Bonchev–Trinajstić information content (AvgIpc) is 2.53. The van der Waals surface area contributed by atoms with Crippen LogP contribution in [0.25, 0.3) is 16.2 Å². The molecule has 116 valence electrons. The van der Waals surface area contributed by atoms with Crippen molar-refractivity contribution in [1.29, 1.82) is 0 Å². The zero-order chi connectivity index (χ0) is 16.6. The Morgan fingerprint density at radius 3 is 2.46 bits per heavy atom. The molecule has 3 rings (SSSR count). The van der Waals surface area contributed by atoms with Gasteiger partial charge in [-0.15, -0.1) is 5.69 Å². The minimum Gasteiger partial charge on any atom is -0.622 e. The van der Waals surface area contributed by atoms with Gasteiger partial charge in [0.15, 0.2) is 0 Å². The zero-order valence-corrected chi connectivity index (χ0v) is 15.9. The van der Waals surface area contributed by atoms with Gasteiger partial charge in [-0.2, -0.15) is 0 Å². The summed E-state index contributed by atoms with van der Waals surface area (Å²) in [5.41, 5.74) is -0.173. The maximum atomic E-state index is 12.4. The standard InChI is InChI=1S/C17H13ClN2O3.Na/c1-20-12-9-5-8-11(18)13(12)15(21)14(17(20)23)16(22)19-10-6-3-2-4-7-10;/h2-9H,1H3,(H2,19,21,22,23);/q;+1/p-1. The van der Waals surface area contributed by atoms with Crippen molar-refractivity contribution < 1.29 is 39.5 Å². The van der Waals surface area contributed by atoms with Crippen molar-refractivity contribution in [2.24, 2.45) is 7.05 Å². The van der Waals surface area contributed by atoms with E-state index in [1.165, 1.54) is 11.6 Å². The quantitative estimate of drug-likeness (QED) is 0.693. The predicted octanol–water partition coefficient (Wildman–Crippen LogP) is 0.747. The van der Waals surface area contributed by atoms with Gasteiger partial charge in [0.2, 0.25) is 0 Å². The second-order valence-electron chi connectivity index (χ2n) is 4.97. The van der Waals surface area contributed by atoms with E-state index in [-0.39, 0.29) is 40.0 Å². The Hall–Kier alpha value is -1.79. The molecule has 0 saturated heterocycles. The van der Waals surface area contributed by atoms with E-state index in [1.54, 1.807) is 48.5 Å². The number of carbonyl (C=O) groups is 1. The maximum Gasteiger partial charge on any atom is 1.00 e. The van der Waals surface area contributed by atoms with Gasteiger partial charge in [-0.25, -0.2) is 0 Å². The normalized spacial score (nSPS) is 10.2. The fourth-order valence-electron chi connectivity index (χ4n) is 2.40. The minimum atomic E-state index is -0.809. The van der Waals surface area contributed by atoms with Gasteiger partial charge >= 0.3 is 29.6 Å². The zero-order valence-electron chi connectivity index (χ0n) is 13.2. The topological polar surface area (TPSA) is 73.4 Å². The molecule has 1 heterocycles. The molecule has 2 aromatic carbocycles. The first kappa shape index (κ1) is 18.5. The number of nitrogens with zero attached hydrogens (tertiary/aromatic N) is 2. The van der Waals surface area contributed by atoms with Gasteiger partial charge in [-0.05, 0) is 12.1 Å². The van der Waals surface area contributed by atoms with E-state index in [2.05, 4.69) is 5.32 Å². The van der Waals surface area contributed by atoms with Gasteiger partial charge < -0.3 is 19.8 Å². The summed E-state index contributed by atoms with van der Waals surface area (Å²) in [5.74, 6) is -1.26. The number of aryl methyl sites for hydroxylation is 1. The van der Waals surface area contributed by atoms with Crippen molar-refractivity contribution in [1.82, 2.24) is 4.57 Å². The Bertz CT molecular complexity index is 971. The molecule has 0 unspecified atom stereocenters. The molecule has 24 heavy (non-hydrogen) atoms. The third kappa shape index (κ3) is 3.21. The summed E-state index contributed by atoms with van der Waals surface area (Å²) in [7, 11) is 1.51. The molecule has 1 amide bonds. The number of aromatic nitrogens is 1. The van der Waals surface area contributed by atoms with Gasteiger partial charge in [0.25, 0.3) is 5.56 Å². The molecule has 0 aliphatic carbocycles. The summed E-state index contributed by atoms with van der Waals surface area (Å²) >= 11 is 6.11. The van der Waals surface area contributed by atoms with Crippen molar-refractivity contribution in [2.45, 2.75) is 0 Å². The van der Waals surface area contributed by atoms with E-state index >= 15 is 0 Å². The molecule has 0 bridgehead atoms. The first-order valence-corrected chi connectivity index (χ1v) is 7.20. The van der Waals surface area contributed by atoms with Crippen LogP contribution in [0.2, 0.25) is 5.02 Å². The molecule has 5 nitrogen and oxygen atoms in total.